The van der Waals surface area contributed by atoms with Crippen LogP contribution in [0.15, 0.2) is 85.1 Å². The number of carbonyl (C=O) groups is 1. The normalized spacial score (nSPS) is 10.5. The predicted octanol–water partition coefficient (Wildman–Crippen LogP) is 5.22. The van der Waals surface area contributed by atoms with Crippen LogP contribution in [0.2, 0.25) is 0 Å². The standard InChI is InChI=1S/C24H20N2O3/c1-28-21-9-2-3-10-22(21)29-20-13-11-19(12-14-20)26-23(27)16-18-7-4-6-17-8-5-15-25-24(17)18/h2-15H,16H2,1H3,(H,26,27). The summed E-state index contributed by atoms with van der Waals surface area (Å²) in [5.41, 5.74) is 2.46. The smallest absolute Gasteiger partial charge is 0.228 e. The van der Waals surface area contributed by atoms with Gasteiger partial charge in [-0.25, -0.2) is 0 Å². The van der Waals surface area contributed by atoms with Crippen LogP contribution in [0, 0.1) is 0 Å². The Morgan fingerprint density at radius 1 is 0.897 bits per heavy atom. The van der Waals surface area contributed by atoms with Gasteiger partial charge in [-0.2, -0.15) is 0 Å². The van der Waals surface area contributed by atoms with Crippen LogP contribution in [0.5, 0.6) is 17.2 Å². The van der Waals surface area contributed by atoms with Gasteiger partial charge in [0.2, 0.25) is 5.91 Å². The molecule has 144 valence electrons. The number of pyridine rings is 1. The average Bonchev–Trinajstić information content (AvgIpc) is 2.76. The summed E-state index contributed by atoms with van der Waals surface area (Å²) in [6, 6.07) is 24.4. The average molecular weight is 384 g/mol. The van der Waals surface area contributed by atoms with E-state index in [2.05, 4.69) is 10.3 Å². The lowest BCUT2D eigenvalue weighted by Crippen LogP contribution is -2.14. The lowest BCUT2D eigenvalue weighted by molar-refractivity contribution is -0.115. The number of nitrogens with zero attached hydrogens (tertiary/aromatic N) is 1. The van der Waals surface area contributed by atoms with Gasteiger partial charge in [0, 0.05) is 17.3 Å². The van der Waals surface area contributed by atoms with Crippen molar-refractivity contribution in [1.82, 2.24) is 4.98 Å². The summed E-state index contributed by atoms with van der Waals surface area (Å²) in [5.74, 6) is 1.86. The molecule has 5 heteroatoms. The molecule has 1 aromatic heterocycles. The van der Waals surface area contributed by atoms with E-state index < -0.39 is 0 Å². The molecule has 0 fully saturated rings. The van der Waals surface area contributed by atoms with Crippen molar-refractivity contribution < 1.29 is 14.3 Å². The van der Waals surface area contributed by atoms with E-state index in [4.69, 9.17) is 9.47 Å². The zero-order valence-electron chi connectivity index (χ0n) is 16.0. The number of rotatable bonds is 6. The van der Waals surface area contributed by atoms with Crippen molar-refractivity contribution in [3.8, 4) is 17.2 Å². The van der Waals surface area contributed by atoms with Crippen LogP contribution in [0.25, 0.3) is 10.9 Å². The van der Waals surface area contributed by atoms with E-state index in [0.717, 1.165) is 16.5 Å². The largest absolute Gasteiger partial charge is 0.493 e. The number of ether oxygens (including phenoxy) is 2. The first-order chi connectivity index (χ1) is 14.2. The zero-order valence-corrected chi connectivity index (χ0v) is 16.0. The number of benzene rings is 3. The Morgan fingerprint density at radius 3 is 2.45 bits per heavy atom. The van der Waals surface area contributed by atoms with Gasteiger partial charge >= 0.3 is 0 Å². The maximum Gasteiger partial charge on any atom is 0.228 e. The van der Waals surface area contributed by atoms with Gasteiger partial charge in [0.25, 0.3) is 0 Å². The Labute approximate surface area is 168 Å². The predicted molar refractivity (Wildman–Crippen MR) is 114 cm³/mol. The minimum atomic E-state index is -0.0958. The minimum Gasteiger partial charge on any atom is -0.493 e. The van der Waals surface area contributed by atoms with Crippen molar-refractivity contribution in [1.29, 1.82) is 0 Å². The highest BCUT2D eigenvalue weighted by Gasteiger charge is 2.09. The zero-order chi connectivity index (χ0) is 20.1. The first-order valence-electron chi connectivity index (χ1n) is 9.26. The van der Waals surface area contributed by atoms with E-state index in [1.165, 1.54) is 0 Å². The number of methoxy groups -OCH3 is 1. The molecule has 3 aromatic carbocycles. The fourth-order valence-corrected chi connectivity index (χ4v) is 3.12. The van der Waals surface area contributed by atoms with Crippen LogP contribution < -0.4 is 14.8 Å². The molecule has 0 aliphatic heterocycles. The number of anilines is 1. The lowest BCUT2D eigenvalue weighted by atomic mass is 10.1. The number of hydrogen-bond acceptors (Lipinski definition) is 4. The van der Waals surface area contributed by atoms with Gasteiger partial charge in [-0.1, -0.05) is 36.4 Å². The van der Waals surface area contributed by atoms with Crippen molar-refractivity contribution in [3.05, 3.63) is 90.6 Å². The Hall–Kier alpha value is -3.86. The van der Waals surface area contributed by atoms with Crippen LogP contribution in [0.1, 0.15) is 5.56 Å². The van der Waals surface area contributed by atoms with Gasteiger partial charge in [-0.15, -0.1) is 0 Å². The van der Waals surface area contributed by atoms with E-state index in [9.17, 15) is 4.79 Å². The van der Waals surface area contributed by atoms with Crippen molar-refractivity contribution in [2.24, 2.45) is 0 Å². The van der Waals surface area contributed by atoms with Crippen molar-refractivity contribution in [3.63, 3.8) is 0 Å². The van der Waals surface area contributed by atoms with Crippen LogP contribution in [0.4, 0.5) is 5.69 Å². The van der Waals surface area contributed by atoms with Gasteiger partial charge in [-0.3, -0.25) is 9.78 Å². The van der Waals surface area contributed by atoms with E-state index in [1.807, 2.05) is 78.9 Å². The Balaban J connectivity index is 1.42. The van der Waals surface area contributed by atoms with Gasteiger partial charge in [0.15, 0.2) is 11.5 Å². The monoisotopic (exact) mass is 384 g/mol. The molecule has 0 saturated carbocycles. The summed E-state index contributed by atoms with van der Waals surface area (Å²) in [4.78, 5) is 16.9. The van der Waals surface area contributed by atoms with E-state index >= 15 is 0 Å². The fourth-order valence-electron chi connectivity index (χ4n) is 3.12. The number of hydrogen-bond donors (Lipinski definition) is 1. The van der Waals surface area contributed by atoms with Crippen LogP contribution in [-0.4, -0.2) is 18.0 Å². The molecule has 0 atom stereocenters. The summed E-state index contributed by atoms with van der Waals surface area (Å²) in [5, 5.41) is 3.95. The van der Waals surface area contributed by atoms with E-state index in [1.54, 1.807) is 13.3 Å². The quantitative estimate of drug-likeness (QED) is 0.495. The molecule has 0 bridgehead atoms. The summed E-state index contributed by atoms with van der Waals surface area (Å²) in [7, 11) is 1.60. The fraction of sp³-hybridized carbons (Fsp3) is 0.0833. The first-order valence-corrected chi connectivity index (χ1v) is 9.26. The van der Waals surface area contributed by atoms with E-state index in [0.29, 0.717) is 22.9 Å². The highest BCUT2D eigenvalue weighted by molar-refractivity contribution is 5.95. The molecular weight excluding hydrogens is 364 g/mol. The molecule has 4 aromatic rings. The first kappa shape index (κ1) is 18.5. The second kappa shape index (κ2) is 8.44. The van der Waals surface area contributed by atoms with Crippen molar-refractivity contribution >= 4 is 22.5 Å². The van der Waals surface area contributed by atoms with Crippen LogP contribution in [-0.2, 0) is 11.2 Å². The van der Waals surface area contributed by atoms with Crippen LogP contribution >= 0.6 is 0 Å². The summed E-state index contributed by atoms with van der Waals surface area (Å²) in [6.45, 7) is 0. The number of aromatic nitrogens is 1. The highest BCUT2D eigenvalue weighted by atomic mass is 16.5. The molecule has 0 spiro atoms. The molecule has 0 unspecified atom stereocenters. The molecular formula is C24H20N2O3. The number of nitrogens with one attached hydrogen (secondary N) is 1. The summed E-state index contributed by atoms with van der Waals surface area (Å²) in [6.07, 6.45) is 2.00. The Bertz CT molecular complexity index is 1130. The Kier molecular flexibility index (Phi) is 5.38. The number of carbonyl (C=O) groups excluding carboxylic acids is 1. The molecule has 29 heavy (non-hydrogen) atoms. The maximum absolute atomic E-state index is 12.5. The van der Waals surface area contributed by atoms with E-state index in [-0.39, 0.29) is 12.3 Å². The van der Waals surface area contributed by atoms with Gasteiger partial charge in [0.1, 0.15) is 5.75 Å². The second-order valence-electron chi connectivity index (χ2n) is 6.49. The molecule has 1 N–H and O–H groups in total. The lowest BCUT2D eigenvalue weighted by Gasteiger charge is -2.11. The van der Waals surface area contributed by atoms with Gasteiger partial charge < -0.3 is 14.8 Å². The molecule has 0 aliphatic carbocycles. The van der Waals surface area contributed by atoms with Gasteiger partial charge in [-0.05, 0) is 48.0 Å². The highest BCUT2D eigenvalue weighted by Crippen LogP contribution is 2.31. The molecule has 5 nitrogen and oxygen atoms in total. The number of para-hydroxylation sites is 3. The topological polar surface area (TPSA) is 60.5 Å². The second-order valence-corrected chi connectivity index (χ2v) is 6.49. The Morgan fingerprint density at radius 2 is 1.66 bits per heavy atom. The molecule has 0 saturated heterocycles. The van der Waals surface area contributed by atoms with Gasteiger partial charge in [0.05, 0.1) is 19.0 Å². The third-order valence-electron chi connectivity index (χ3n) is 4.50. The SMILES string of the molecule is COc1ccccc1Oc1ccc(NC(=O)Cc2cccc3cccnc23)cc1. The summed E-state index contributed by atoms with van der Waals surface area (Å²) < 4.78 is 11.2. The van der Waals surface area contributed by atoms with Crippen molar-refractivity contribution in [2.45, 2.75) is 6.42 Å². The molecule has 0 aliphatic rings. The third-order valence-corrected chi connectivity index (χ3v) is 4.50. The number of amides is 1. The maximum atomic E-state index is 12.5. The number of fused-ring (bicyclic) bond motifs is 1. The minimum absolute atomic E-state index is 0.0958. The van der Waals surface area contributed by atoms with Crippen molar-refractivity contribution in [2.75, 3.05) is 12.4 Å². The summed E-state index contributed by atoms with van der Waals surface area (Å²) >= 11 is 0. The molecule has 0 radical (unpaired) electrons. The third kappa shape index (κ3) is 4.35. The molecule has 4 rings (SSSR count). The molecule has 1 heterocycles. The van der Waals surface area contributed by atoms with Crippen LogP contribution in [0.3, 0.4) is 0 Å². The molecule has 1 amide bonds.